The van der Waals surface area contributed by atoms with E-state index < -0.39 is 0 Å². The van der Waals surface area contributed by atoms with Gasteiger partial charge < -0.3 is 14.7 Å². The molecule has 178 valence electrons. The first-order chi connectivity index (χ1) is 15.6. The molecule has 0 radical (unpaired) electrons. The summed E-state index contributed by atoms with van der Waals surface area (Å²) < 4.78 is 20.1. The molecule has 1 aliphatic rings. The number of aryl methyl sites for hydroxylation is 1. The van der Waals surface area contributed by atoms with Crippen molar-refractivity contribution in [2.45, 2.75) is 26.8 Å². The zero-order valence-electron chi connectivity index (χ0n) is 19.1. The highest BCUT2D eigenvalue weighted by Crippen LogP contribution is 2.11. The van der Waals surface area contributed by atoms with Gasteiger partial charge >= 0.3 is 0 Å². The van der Waals surface area contributed by atoms with Gasteiger partial charge in [-0.25, -0.2) is 9.07 Å². The summed E-state index contributed by atoms with van der Waals surface area (Å²) in [5, 5.41) is 12.1. The van der Waals surface area contributed by atoms with Crippen molar-refractivity contribution in [3.8, 4) is 5.69 Å². The number of halogens is 2. The summed E-state index contributed by atoms with van der Waals surface area (Å²) in [5.74, 6) is 1.55. The van der Waals surface area contributed by atoms with Gasteiger partial charge in [-0.2, -0.15) is 5.10 Å². The largest absolute Gasteiger partial charge is 0.361 e. The minimum Gasteiger partial charge on any atom is -0.361 e. The SMILES string of the molecule is CCNC(=NCCc1ccn(-c2ccc(F)cc2)n1)N1CCN(Cc2cc(C)on2)CC1.I. The number of benzene rings is 1. The predicted octanol–water partition coefficient (Wildman–Crippen LogP) is 3.25. The third-order valence-electron chi connectivity index (χ3n) is 5.43. The van der Waals surface area contributed by atoms with E-state index in [0.717, 1.165) is 74.5 Å². The van der Waals surface area contributed by atoms with Crippen molar-refractivity contribution in [1.29, 1.82) is 0 Å². The third kappa shape index (κ3) is 7.00. The van der Waals surface area contributed by atoms with Crippen LogP contribution in [0.3, 0.4) is 0 Å². The molecule has 0 bridgehead atoms. The molecule has 8 nitrogen and oxygen atoms in total. The van der Waals surface area contributed by atoms with Crippen molar-refractivity contribution in [3.63, 3.8) is 0 Å². The predicted molar refractivity (Wildman–Crippen MR) is 137 cm³/mol. The van der Waals surface area contributed by atoms with Gasteiger partial charge in [0.2, 0.25) is 0 Å². The van der Waals surface area contributed by atoms with Crippen LogP contribution in [0.15, 0.2) is 52.1 Å². The Morgan fingerprint density at radius 2 is 1.88 bits per heavy atom. The quantitative estimate of drug-likeness (QED) is 0.269. The second kappa shape index (κ2) is 12.1. The van der Waals surface area contributed by atoms with E-state index in [0.29, 0.717) is 6.54 Å². The Balaban J connectivity index is 0.00000306. The van der Waals surface area contributed by atoms with Gasteiger partial charge in [-0.15, -0.1) is 24.0 Å². The number of hydrogen-bond acceptors (Lipinski definition) is 5. The zero-order chi connectivity index (χ0) is 22.3. The number of rotatable bonds is 7. The molecule has 33 heavy (non-hydrogen) atoms. The van der Waals surface area contributed by atoms with E-state index in [9.17, 15) is 4.39 Å². The molecule has 3 heterocycles. The number of hydrogen-bond donors (Lipinski definition) is 1. The second-order valence-electron chi connectivity index (χ2n) is 7.91. The first-order valence-electron chi connectivity index (χ1n) is 11.1. The minimum atomic E-state index is -0.250. The molecule has 1 aromatic carbocycles. The standard InChI is InChI=1S/C23H30FN7O.HI/c1-3-25-23(30-14-12-29(13-15-30)17-21-16-18(2)32-28-21)26-10-8-20-9-11-31(27-20)22-6-4-19(24)5-7-22;/h4-7,9,11,16H,3,8,10,12-15,17H2,1-2H3,(H,25,26);1H. The van der Waals surface area contributed by atoms with E-state index in [-0.39, 0.29) is 29.8 Å². The van der Waals surface area contributed by atoms with E-state index in [1.807, 2.05) is 25.3 Å². The van der Waals surface area contributed by atoms with Crippen molar-refractivity contribution >= 4 is 29.9 Å². The summed E-state index contributed by atoms with van der Waals surface area (Å²) in [6.45, 7) is 10.1. The van der Waals surface area contributed by atoms with Crippen LogP contribution < -0.4 is 5.32 Å². The number of aromatic nitrogens is 3. The van der Waals surface area contributed by atoms with Gasteiger partial charge in [-0.05, 0) is 44.2 Å². The van der Waals surface area contributed by atoms with Crippen molar-refractivity contribution < 1.29 is 8.91 Å². The molecule has 0 saturated carbocycles. The lowest BCUT2D eigenvalue weighted by atomic mass is 10.3. The van der Waals surface area contributed by atoms with Gasteiger partial charge in [0.15, 0.2) is 5.96 Å². The molecule has 3 aromatic rings. The van der Waals surface area contributed by atoms with Gasteiger partial charge in [-0.3, -0.25) is 9.89 Å². The van der Waals surface area contributed by atoms with Gasteiger partial charge in [0.1, 0.15) is 11.6 Å². The number of aliphatic imine (C=N–C) groups is 1. The number of nitrogens with zero attached hydrogens (tertiary/aromatic N) is 6. The molecule has 2 aromatic heterocycles. The molecule has 0 atom stereocenters. The number of piperazine rings is 1. The summed E-state index contributed by atoms with van der Waals surface area (Å²) in [5.41, 5.74) is 2.78. The maximum Gasteiger partial charge on any atom is 0.194 e. The number of guanidine groups is 1. The maximum absolute atomic E-state index is 13.1. The highest BCUT2D eigenvalue weighted by molar-refractivity contribution is 14.0. The van der Waals surface area contributed by atoms with E-state index in [1.165, 1.54) is 12.1 Å². The summed E-state index contributed by atoms with van der Waals surface area (Å²) >= 11 is 0. The van der Waals surface area contributed by atoms with Crippen LogP contribution >= 0.6 is 24.0 Å². The van der Waals surface area contributed by atoms with Crippen LogP contribution in [-0.4, -0.2) is 70.0 Å². The molecule has 0 unspecified atom stereocenters. The van der Waals surface area contributed by atoms with Crippen LogP contribution in [0.1, 0.15) is 24.1 Å². The molecule has 1 N–H and O–H groups in total. The molecule has 1 fully saturated rings. The Hall–Kier alpha value is -2.47. The summed E-state index contributed by atoms with van der Waals surface area (Å²) in [6, 6.07) is 10.3. The van der Waals surface area contributed by atoms with Crippen molar-refractivity contribution in [1.82, 2.24) is 30.1 Å². The molecule has 4 rings (SSSR count). The molecule has 1 aliphatic heterocycles. The average Bonchev–Trinajstić information content (AvgIpc) is 3.43. The van der Waals surface area contributed by atoms with E-state index in [4.69, 9.17) is 9.52 Å². The molecule has 0 aliphatic carbocycles. The fourth-order valence-corrected chi connectivity index (χ4v) is 3.77. The summed E-state index contributed by atoms with van der Waals surface area (Å²) in [4.78, 5) is 9.52. The average molecular weight is 567 g/mol. The summed E-state index contributed by atoms with van der Waals surface area (Å²) in [7, 11) is 0. The third-order valence-corrected chi connectivity index (χ3v) is 5.43. The Labute approximate surface area is 210 Å². The molecule has 0 spiro atoms. The summed E-state index contributed by atoms with van der Waals surface area (Å²) in [6.07, 6.45) is 2.64. The smallest absolute Gasteiger partial charge is 0.194 e. The fraction of sp³-hybridized carbons (Fsp3) is 0.435. The van der Waals surface area contributed by atoms with Crippen LogP contribution in [-0.2, 0) is 13.0 Å². The van der Waals surface area contributed by atoms with Crippen LogP contribution in [0, 0.1) is 12.7 Å². The van der Waals surface area contributed by atoms with E-state index in [2.05, 4.69) is 32.3 Å². The first-order valence-corrected chi connectivity index (χ1v) is 11.1. The van der Waals surface area contributed by atoms with Crippen molar-refractivity contribution in [2.24, 2.45) is 4.99 Å². The van der Waals surface area contributed by atoms with Crippen LogP contribution in [0.2, 0.25) is 0 Å². The first kappa shape index (κ1) is 25.2. The minimum absolute atomic E-state index is 0. The highest BCUT2D eigenvalue weighted by atomic mass is 127. The maximum atomic E-state index is 13.1. The fourth-order valence-electron chi connectivity index (χ4n) is 3.77. The molecular weight excluding hydrogens is 536 g/mol. The number of nitrogens with one attached hydrogen (secondary N) is 1. The van der Waals surface area contributed by atoms with Crippen molar-refractivity contribution in [3.05, 3.63) is 65.6 Å². The molecule has 0 amide bonds. The Bertz CT molecular complexity index is 1030. The van der Waals surface area contributed by atoms with Crippen molar-refractivity contribution in [2.75, 3.05) is 39.3 Å². The van der Waals surface area contributed by atoms with Crippen LogP contribution in [0.4, 0.5) is 4.39 Å². The topological polar surface area (TPSA) is 74.7 Å². The van der Waals surface area contributed by atoms with Gasteiger partial charge in [0.05, 0.1) is 17.1 Å². The normalized spacial score (nSPS) is 14.9. The van der Waals surface area contributed by atoms with E-state index >= 15 is 0 Å². The monoisotopic (exact) mass is 567 g/mol. The lowest BCUT2D eigenvalue weighted by Gasteiger charge is -2.36. The lowest BCUT2D eigenvalue weighted by molar-refractivity contribution is 0.169. The Kier molecular flexibility index (Phi) is 9.24. The second-order valence-corrected chi connectivity index (χ2v) is 7.91. The van der Waals surface area contributed by atoms with Crippen LogP contribution in [0.25, 0.3) is 5.69 Å². The van der Waals surface area contributed by atoms with Gasteiger partial charge in [0.25, 0.3) is 0 Å². The lowest BCUT2D eigenvalue weighted by Crippen LogP contribution is -2.52. The Morgan fingerprint density at radius 3 is 2.55 bits per heavy atom. The molecular formula is C23H31FIN7O. The highest BCUT2D eigenvalue weighted by Gasteiger charge is 2.20. The molecule has 10 heteroatoms. The van der Waals surface area contributed by atoms with Crippen LogP contribution in [0.5, 0.6) is 0 Å². The van der Waals surface area contributed by atoms with E-state index in [1.54, 1.807) is 16.8 Å². The van der Waals surface area contributed by atoms with Gasteiger partial charge in [-0.1, -0.05) is 5.16 Å². The molecule has 1 saturated heterocycles. The zero-order valence-corrected chi connectivity index (χ0v) is 21.4. The Morgan fingerprint density at radius 1 is 1.12 bits per heavy atom. The van der Waals surface area contributed by atoms with Gasteiger partial charge in [0, 0.05) is 64.5 Å².